The quantitative estimate of drug-likeness (QED) is 0.698. The van der Waals surface area contributed by atoms with Crippen LogP contribution in [-0.2, 0) is 15.3 Å². The van der Waals surface area contributed by atoms with Crippen molar-refractivity contribution in [3.63, 3.8) is 0 Å². The summed E-state index contributed by atoms with van der Waals surface area (Å²) in [7, 11) is 0. The van der Waals surface area contributed by atoms with E-state index in [-0.39, 0.29) is 17.5 Å². The first-order valence-electron chi connectivity index (χ1n) is 10.2. The molecule has 0 saturated heterocycles. The SMILES string of the molecule is CC(=O)C1=NN(c2ccc(C)cc2)C2(C(=O)Nc3ccccc32)N1c1ccc(C)cc1. The summed E-state index contributed by atoms with van der Waals surface area (Å²) in [5, 5.41) is 9.39. The lowest BCUT2D eigenvalue weighted by atomic mass is 9.96. The standard InChI is InChI=1S/C25H22N4O2/c1-16-8-12-19(13-9-16)28-23(18(3)30)27-29(20-14-10-17(2)11-15-20)25(28)21-6-4-5-7-22(21)26-24(25)31/h4-15H,1-3H3,(H,26,31). The van der Waals surface area contributed by atoms with Crippen molar-refractivity contribution in [3.05, 3.63) is 89.5 Å². The van der Waals surface area contributed by atoms with Gasteiger partial charge in [-0.05, 0) is 44.2 Å². The van der Waals surface area contributed by atoms with Gasteiger partial charge in [0.2, 0.25) is 5.66 Å². The summed E-state index contributed by atoms with van der Waals surface area (Å²) >= 11 is 0. The van der Waals surface area contributed by atoms with Crippen molar-refractivity contribution < 1.29 is 9.59 Å². The van der Waals surface area contributed by atoms with Crippen LogP contribution in [0.1, 0.15) is 23.6 Å². The second-order valence-electron chi connectivity index (χ2n) is 7.97. The second-order valence-corrected chi connectivity index (χ2v) is 7.97. The van der Waals surface area contributed by atoms with Gasteiger partial charge in [0.25, 0.3) is 5.91 Å². The molecule has 0 saturated carbocycles. The van der Waals surface area contributed by atoms with Crippen molar-refractivity contribution in [3.8, 4) is 0 Å². The summed E-state index contributed by atoms with van der Waals surface area (Å²) in [5.41, 5.74) is 3.75. The Bertz CT molecular complexity index is 1230. The smallest absolute Gasteiger partial charge is 0.278 e. The van der Waals surface area contributed by atoms with E-state index < -0.39 is 5.66 Å². The lowest BCUT2D eigenvalue weighted by molar-refractivity contribution is -0.120. The number of anilines is 3. The van der Waals surface area contributed by atoms with Gasteiger partial charge >= 0.3 is 0 Å². The maximum atomic E-state index is 13.7. The molecule has 154 valence electrons. The molecule has 0 aromatic heterocycles. The minimum Gasteiger partial charge on any atom is -0.322 e. The molecule has 6 nitrogen and oxygen atoms in total. The van der Waals surface area contributed by atoms with Crippen LogP contribution in [0.3, 0.4) is 0 Å². The van der Waals surface area contributed by atoms with E-state index >= 15 is 0 Å². The average Bonchev–Trinajstić information content (AvgIpc) is 3.26. The Balaban J connectivity index is 1.83. The highest BCUT2D eigenvalue weighted by molar-refractivity contribution is 6.46. The number of fused-ring (bicyclic) bond motifs is 2. The maximum absolute atomic E-state index is 13.7. The highest BCUT2D eigenvalue weighted by Gasteiger charge is 2.62. The van der Waals surface area contributed by atoms with Crippen LogP contribution in [0.4, 0.5) is 17.1 Å². The minimum absolute atomic E-state index is 0.216. The van der Waals surface area contributed by atoms with E-state index in [1.165, 1.54) is 6.92 Å². The lowest BCUT2D eigenvalue weighted by Gasteiger charge is -2.39. The monoisotopic (exact) mass is 410 g/mol. The summed E-state index contributed by atoms with van der Waals surface area (Å²) in [4.78, 5) is 28.3. The zero-order valence-electron chi connectivity index (χ0n) is 17.6. The Morgan fingerprint density at radius 1 is 0.871 bits per heavy atom. The number of rotatable bonds is 3. The first-order valence-corrected chi connectivity index (χ1v) is 10.2. The molecular formula is C25H22N4O2. The largest absolute Gasteiger partial charge is 0.322 e. The predicted octanol–water partition coefficient (Wildman–Crippen LogP) is 4.34. The van der Waals surface area contributed by atoms with Gasteiger partial charge in [-0.15, -0.1) is 5.10 Å². The molecule has 0 radical (unpaired) electrons. The number of nitrogens with one attached hydrogen (secondary N) is 1. The van der Waals surface area contributed by atoms with Gasteiger partial charge in [-0.1, -0.05) is 53.6 Å². The van der Waals surface area contributed by atoms with E-state index in [0.717, 1.165) is 28.1 Å². The number of nitrogens with zero attached hydrogens (tertiary/aromatic N) is 3. The number of ketones is 1. The number of hydrogen-bond acceptors (Lipinski definition) is 5. The summed E-state index contributed by atoms with van der Waals surface area (Å²) in [5.74, 6) is -0.252. The molecule has 6 heteroatoms. The molecule has 2 aliphatic heterocycles. The number of amidine groups is 1. The molecule has 0 bridgehead atoms. The summed E-state index contributed by atoms with van der Waals surface area (Å²) < 4.78 is 0. The fraction of sp³-hybridized carbons (Fsp3) is 0.160. The van der Waals surface area contributed by atoms with E-state index in [0.29, 0.717) is 5.69 Å². The predicted molar refractivity (Wildman–Crippen MR) is 122 cm³/mol. The summed E-state index contributed by atoms with van der Waals surface area (Å²) in [6, 6.07) is 23.1. The van der Waals surface area contributed by atoms with Crippen LogP contribution in [0.15, 0.2) is 77.9 Å². The molecule has 3 aromatic rings. The topological polar surface area (TPSA) is 65.0 Å². The highest BCUT2D eigenvalue weighted by atomic mass is 16.2. The Labute approximate surface area is 180 Å². The van der Waals surface area contributed by atoms with Crippen LogP contribution in [0.25, 0.3) is 0 Å². The molecule has 1 N–H and O–H groups in total. The molecule has 3 aromatic carbocycles. The molecule has 0 fully saturated rings. The van der Waals surface area contributed by atoms with Crippen molar-refractivity contribution >= 4 is 34.6 Å². The molecule has 2 heterocycles. The van der Waals surface area contributed by atoms with Crippen molar-refractivity contribution in [1.82, 2.24) is 0 Å². The average molecular weight is 410 g/mol. The first kappa shape index (κ1) is 19.1. The fourth-order valence-electron chi connectivity index (χ4n) is 4.28. The fourth-order valence-corrected chi connectivity index (χ4v) is 4.28. The van der Waals surface area contributed by atoms with Crippen LogP contribution in [0.5, 0.6) is 0 Å². The Kier molecular flexibility index (Phi) is 4.18. The van der Waals surface area contributed by atoms with Crippen LogP contribution < -0.4 is 15.2 Å². The van der Waals surface area contributed by atoms with E-state index in [1.807, 2.05) is 86.6 Å². The zero-order chi connectivity index (χ0) is 21.8. The van der Waals surface area contributed by atoms with Crippen molar-refractivity contribution in [1.29, 1.82) is 0 Å². The molecular weight excluding hydrogens is 388 g/mol. The first-order chi connectivity index (χ1) is 14.9. The number of amides is 1. The molecule has 31 heavy (non-hydrogen) atoms. The van der Waals surface area contributed by atoms with Gasteiger partial charge in [0.05, 0.1) is 5.69 Å². The molecule has 2 aliphatic rings. The van der Waals surface area contributed by atoms with Crippen LogP contribution in [0.2, 0.25) is 0 Å². The maximum Gasteiger partial charge on any atom is 0.278 e. The molecule has 5 rings (SSSR count). The third kappa shape index (κ3) is 2.68. The van der Waals surface area contributed by atoms with Crippen molar-refractivity contribution in [2.75, 3.05) is 15.2 Å². The number of carbonyl (C=O) groups is 2. The summed E-state index contributed by atoms with van der Waals surface area (Å²) in [6.45, 7) is 5.48. The number of aryl methyl sites for hydroxylation is 2. The van der Waals surface area contributed by atoms with Crippen LogP contribution >= 0.6 is 0 Å². The Hall–Kier alpha value is -3.93. The van der Waals surface area contributed by atoms with Gasteiger partial charge in [0, 0.05) is 23.9 Å². The van der Waals surface area contributed by atoms with Crippen molar-refractivity contribution in [2.24, 2.45) is 5.10 Å². The third-order valence-corrected chi connectivity index (χ3v) is 5.79. The van der Waals surface area contributed by atoms with Crippen LogP contribution in [-0.4, -0.2) is 17.5 Å². The molecule has 1 amide bonds. The van der Waals surface area contributed by atoms with Crippen molar-refractivity contribution in [2.45, 2.75) is 26.4 Å². The van der Waals surface area contributed by atoms with E-state index in [2.05, 4.69) is 5.32 Å². The van der Waals surface area contributed by atoms with E-state index in [4.69, 9.17) is 5.10 Å². The van der Waals surface area contributed by atoms with Crippen LogP contribution in [0, 0.1) is 13.8 Å². The van der Waals surface area contributed by atoms with Gasteiger partial charge in [-0.25, -0.2) is 5.01 Å². The van der Waals surface area contributed by atoms with E-state index in [9.17, 15) is 9.59 Å². The highest BCUT2D eigenvalue weighted by Crippen LogP contribution is 2.50. The van der Waals surface area contributed by atoms with Gasteiger partial charge in [0.15, 0.2) is 11.6 Å². The van der Waals surface area contributed by atoms with Gasteiger partial charge in [-0.2, -0.15) is 0 Å². The Morgan fingerprint density at radius 2 is 1.45 bits per heavy atom. The van der Waals surface area contributed by atoms with E-state index in [1.54, 1.807) is 9.91 Å². The molecule has 1 spiro atoms. The number of hydrogen-bond donors (Lipinski definition) is 1. The lowest BCUT2D eigenvalue weighted by Crippen LogP contribution is -2.58. The normalized spacial score (nSPS) is 19.5. The molecule has 1 atom stereocenters. The zero-order valence-corrected chi connectivity index (χ0v) is 17.6. The number of hydrazone groups is 1. The van der Waals surface area contributed by atoms with Gasteiger partial charge in [-0.3, -0.25) is 14.5 Å². The molecule has 1 unspecified atom stereocenters. The second kappa shape index (κ2) is 6.80. The minimum atomic E-state index is -1.35. The number of carbonyl (C=O) groups excluding carboxylic acids is 2. The Morgan fingerprint density at radius 3 is 2.06 bits per heavy atom. The molecule has 0 aliphatic carbocycles. The third-order valence-electron chi connectivity index (χ3n) is 5.79. The number of Topliss-reactive ketones (excluding diaryl/α,β-unsaturated/α-hetero) is 1. The van der Waals surface area contributed by atoms with Gasteiger partial charge < -0.3 is 5.32 Å². The summed E-state index contributed by atoms with van der Waals surface area (Å²) in [6.07, 6.45) is 0. The number of para-hydroxylation sites is 1. The van der Waals surface area contributed by atoms with Gasteiger partial charge in [0.1, 0.15) is 0 Å². The number of benzene rings is 3.